The molecule has 0 spiro atoms. The lowest BCUT2D eigenvalue weighted by atomic mass is 10.0. The van der Waals surface area contributed by atoms with Crippen LogP contribution in [0.1, 0.15) is 23.2 Å². The molecule has 4 N–H and O–H groups in total. The number of β-amino-alcohol motifs (C(OH)–C–C–N with tert-alkyl or cyclic N) is 1. The van der Waals surface area contributed by atoms with Crippen molar-refractivity contribution >= 4 is 10.9 Å². The van der Waals surface area contributed by atoms with E-state index < -0.39 is 6.10 Å². The van der Waals surface area contributed by atoms with Gasteiger partial charge < -0.3 is 15.8 Å². The van der Waals surface area contributed by atoms with Gasteiger partial charge in [-0.15, -0.1) is 0 Å². The van der Waals surface area contributed by atoms with Gasteiger partial charge in [0, 0.05) is 42.8 Å². The van der Waals surface area contributed by atoms with Gasteiger partial charge in [0.15, 0.2) is 5.43 Å². The lowest BCUT2D eigenvalue weighted by Crippen LogP contribution is -2.50. The summed E-state index contributed by atoms with van der Waals surface area (Å²) in [6.07, 6.45) is 0.279. The number of hydrogen-bond acceptors (Lipinski definition) is 4. The third-order valence-electron chi connectivity index (χ3n) is 4.57. The van der Waals surface area contributed by atoms with Crippen LogP contribution < -0.4 is 11.2 Å². The average Bonchev–Trinajstić information content (AvgIpc) is 2.46. The Hall–Kier alpha value is -1.69. The van der Waals surface area contributed by atoms with Gasteiger partial charge in [-0.25, -0.2) is 0 Å². The molecule has 1 aromatic heterocycles. The predicted octanol–water partition coefficient (Wildman–Crippen LogP) is 1.04. The molecule has 0 saturated carbocycles. The number of aromatic amines is 1. The summed E-state index contributed by atoms with van der Waals surface area (Å²) < 4.78 is 0. The summed E-state index contributed by atoms with van der Waals surface area (Å²) in [4.78, 5) is 18.0. The van der Waals surface area contributed by atoms with E-state index in [1.54, 1.807) is 6.07 Å². The normalized spacial score (nSPS) is 23.1. The first kappa shape index (κ1) is 15.2. The Morgan fingerprint density at radius 2 is 2.09 bits per heavy atom. The summed E-state index contributed by atoms with van der Waals surface area (Å²) in [6, 6.07) is 5.54. The molecule has 1 aliphatic rings. The quantitative estimate of drug-likeness (QED) is 0.774. The Morgan fingerprint density at radius 1 is 1.36 bits per heavy atom. The van der Waals surface area contributed by atoms with Crippen molar-refractivity contribution in [1.29, 1.82) is 0 Å². The monoisotopic (exact) mass is 301 g/mol. The van der Waals surface area contributed by atoms with Gasteiger partial charge in [-0.2, -0.15) is 0 Å². The molecule has 3 rings (SSSR count). The minimum Gasteiger partial charge on any atom is -0.390 e. The topological polar surface area (TPSA) is 82.3 Å². The van der Waals surface area contributed by atoms with Crippen LogP contribution in [0.5, 0.6) is 0 Å². The summed E-state index contributed by atoms with van der Waals surface area (Å²) in [6.45, 7) is 5.98. The van der Waals surface area contributed by atoms with Crippen LogP contribution in [0.2, 0.25) is 0 Å². The first-order valence-electron chi connectivity index (χ1n) is 7.74. The molecule has 1 fully saturated rings. The predicted molar refractivity (Wildman–Crippen MR) is 87.9 cm³/mol. The smallest absolute Gasteiger partial charge is 0.189 e. The zero-order chi connectivity index (χ0) is 15.9. The van der Waals surface area contributed by atoms with Gasteiger partial charge >= 0.3 is 0 Å². The number of hydrogen-bond donors (Lipinski definition) is 3. The third-order valence-corrected chi connectivity index (χ3v) is 4.57. The molecule has 22 heavy (non-hydrogen) atoms. The van der Waals surface area contributed by atoms with Crippen LogP contribution in [0.25, 0.3) is 10.9 Å². The molecule has 0 aliphatic carbocycles. The number of aliphatic hydroxyl groups is 1. The second-order valence-electron chi connectivity index (χ2n) is 6.36. The van der Waals surface area contributed by atoms with Crippen LogP contribution in [-0.4, -0.2) is 40.2 Å². The number of likely N-dealkylation sites (tertiary alicyclic amines) is 1. The van der Waals surface area contributed by atoms with E-state index in [4.69, 9.17) is 5.73 Å². The second kappa shape index (κ2) is 5.83. The van der Waals surface area contributed by atoms with Crippen LogP contribution in [0.4, 0.5) is 0 Å². The molecule has 2 atom stereocenters. The number of rotatable bonds is 2. The van der Waals surface area contributed by atoms with Gasteiger partial charge in [0.05, 0.1) is 11.6 Å². The van der Waals surface area contributed by atoms with Crippen LogP contribution in [0.15, 0.2) is 23.0 Å². The number of piperidine rings is 1. The van der Waals surface area contributed by atoms with Crippen LogP contribution in [0, 0.1) is 13.8 Å². The fourth-order valence-corrected chi connectivity index (χ4v) is 3.20. The molecule has 0 radical (unpaired) electrons. The maximum atomic E-state index is 12.4. The number of nitrogens with one attached hydrogen (secondary N) is 1. The molecule has 1 aliphatic heterocycles. The van der Waals surface area contributed by atoms with E-state index in [0.717, 1.165) is 40.7 Å². The molecule has 2 heterocycles. The first-order valence-corrected chi connectivity index (χ1v) is 7.74. The minimum atomic E-state index is -0.495. The molecule has 2 aromatic rings. The molecular weight excluding hydrogens is 278 g/mol. The number of H-pyrrole nitrogens is 1. The van der Waals surface area contributed by atoms with Gasteiger partial charge in [-0.3, -0.25) is 9.69 Å². The summed E-state index contributed by atoms with van der Waals surface area (Å²) in [5.74, 6) is 0. The lowest BCUT2D eigenvalue weighted by Gasteiger charge is -2.33. The Balaban J connectivity index is 1.92. The second-order valence-corrected chi connectivity index (χ2v) is 6.36. The summed E-state index contributed by atoms with van der Waals surface area (Å²) in [7, 11) is 0. The molecular formula is C17H23N3O2. The van der Waals surface area contributed by atoms with E-state index >= 15 is 0 Å². The SMILES string of the molecule is Cc1ccc(C)c2c(=O)cc(CN3CC[C@@H](N)[C@H](O)C3)[nH]c12. The standard InChI is InChI=1S/C17H23N3O2/c1-10-3-4-11(2)17-16(10)14(21)7-12(19-17)8-20-6-5-13(18)15(22)9-20/h3-4,7,13,15,22H,5-6,8-9,18H2,1-2H3,(H,19,21)/t13-,15-/m1/s1. The van der Waals surface area contributed by atoms with E-state index in [9.17, 15) is 9.90 Å². The molecule has 0 unspecified atom stereocenters. The van der Waals surface area contributed by atoms with Crippen molar-refractivity contribution in [2.45, 2.75) is 39.0 Å². The van der Waals surface area contributed by atoms with E-state index in [1.165, 1.54) is 0 Å². The first-order chi connectivity index (χ1) is 10.5. The number of aryl methyl sites for hydroxylation is 2. The van der Waals surface area contributed by atoms with Crippen molar-refractivity contribution in [2.75, 3.05) is 13.1 Å². The van der Waals surface area contributed by atoms with Crippen molar-refractivity contribution in [2.24, 2.45) is 5.73 Å². The molecule has 118 valence electrons. The number of fused-ring (bicyclic) bond motifs is 1. The molecule has 5 heteroatoms. The highest BCUT2D eigenvalue weighted by atomic mass is 16.3. The zero-order valence-electron chi connectivity index (χ0n) is 13.1. The van der Waals surface area contributed by atoms with Gasteiger partial charge in [0.2, 0.25) is 0 Å². The van der Waals surface area contributed by atoms with Crippen molar-refractivity contribution in [3.63, 3.8) is 0 Å². The highest BCUT2D eigenvalue weighted by Gasteiger charge is 2.24. The van der Waals surface area contributed by atoms with E-state index in [1.807, 2.05) is 26.0 Å². The summed E-state index contributed by atoms with van der Waals surface area (Å²) in [5.41, 5.74) is 9.75. The van der Waals surface area contributed by atoms with Gasteiger partial charge in [0.1, 0.15) is 0 Å². The third kappa shape index (κ3) is 2.79. The van der Waals surface area contributed by atoms with Crippen molar-refractivity contribution in [3.05, 3.63) is 45.2 Å². The summed E-state index contributed by atoms with van der Waals surface area (Å²) >= 11 is 0. The van der Waals surface area contributed by atoms with E-state index in [2.05, 4.69) is 9.88 Å². The zero-order valence-corrected chi connectivity index (χ0v) is 13.1. The van der Waals surface area contributed by atoms with Gasteiger partial charge in [0.25, 0.3) is 0 Å². The summed E-state index contributed by atoms with van der Waals surface area (Å²) in [5, 5.41) is 10.7. The van der Waals surface area contributed by atoms with Gasteiger partial charge in [-0.1, -0.05) is 12.1 Å². The number of aliphatic hydroxyl groups excluding tert-OH is 1. The molecule has 0 bridgehead atoms. The molecule has 5 nitrogen and oxygen atoms in total. The maximum Gasteiger partial charge on any atom is 0.189 e. The molecule has 1 aromatic carbocycles. The largest absolute Gasteiger partial charge is 0.390 e. The van der Waals surface area contributed by atoms with Crippen molar-refractivity contribution in [1.82, 2.24) is 9.88 Å². The number of nitrogens with zero attached hydrogens (tertiary/aromatic N) is 1. The fourth-order valence-electron chi connectivity index (χ4n) is 3.20. The Bertz CT molecular complexity index is 753. The maximum absolute atomic E-state index is 12.4. The molecule has 1 saturated heterocycles. The van der Waals surface area contributed by atoms with Crippen LogP contribution in [0.3, 0.4) is 0 Å². The van der Waals surface area contributed by atoms with E-state index in [-0.39, 0.29) is 11.5 Å². The minimum absolute atomic E-state index is 0.0548. The van der Waals surface area contributed by atoms with Gasteiger partial charge in [-0.05, 0) is 31.4 Å². The molecule has 0 amide bonds. The van der Waals surface area contributed by atoms with Crippen molar-refractivity contribution < 1.29 is 5.11 Å². The average molecular weight is 301 g/mol. The highest BCUT2D eigenvalue weighted by molar-refractivity contribution is 5.84. The number of aromatic nitrogens is 1. The highest BCUT2D eigenvalue weighted by Crippen LogP contribution is 2.19. The Kier molecular flexibility index (Phi) is 4.04. The Morgan fingerprint density at radius 3 is 2.82 bits per heavy atom. The number of benzene rings is 1. The van der Waals surface area contributed by atoms with Crippen LogP contribution >= 0.6 is 0 Å². The number of nitrogens with two attached hydrogens (primary N) is 1. The number of pyridine rings is 1. The van der Waals surface area contributed by atoms with E-state index in [0.29, 0.717) is 13.1 Å². The lowest BCUT2D eigenvalue weighted by molar-refractivity contribution is 0.0494. The van der Waals surface area contributed by atoms with Crippen molar-refractivity contribution in [3.8, 4) is 0 Å². The fraction of sp³-hybridized carbons (Fsp3) is 0.471. The Labute approximate surface area is 129 Å². The van der Waals surface area contributed by atoms with Crippen LogP contribution in [-0.2, 0) is 6.54 Å².